The Balaban J connectivity index is 2.32. The Morgan fingerprint density at radius 1 is 1.19 bits per heavy atom. The standard InChI is InChI=1S/C9H14N5O4P3/c10-6-5-7(12-3-11-6)14(4-13-5)9(21-17)8(19-15,20-16)1-2-18-9/h3-4H,1-2,19-21H2,(H2,10,11,12). The number of hydrogen-bond acceptors (Lipinski definition) is 8. The summed E-state index contributed by atoms with van der Waals surface area (Å²) in [5, 5.41) is 0. The number of nitrogens with zero attached hydrogens (tertiary/aromatic N) is 4. The normalized spacial score (nSPS) is 30.9. The molecule has 0 radical (unpaired) electrons. The number of anilines is 1. The second-order valence-electron chi connectivity index (χ2n) is 4.73. The number of nitrogen functional groups attached to an aromatic ring is 1. The van der Waals surface area contributed by atoms with Crippen LogP contribution in [0.15, 0.2) is 12.7 Å². The van der Waals surface area contributed by atoms with Gasteiger partial charge in [-0.3, -0.25) is 4.57 Å². The van der Waals surface area contributed by atoms with Crippen molar-refractivity contribution in [1.29, 1.82) is 0 Å². The summed E-state index contributed by atoms with van der Waals surface area (Å²) < 4.78 is 42.6. The molecule has 0 saturated carbocycles. The third kappa shape index (κ3) is 1.88. The molecule has 3 heterocycles. The fourth-order valence-corrected chi connectivity index (χ4v) is 5.74. The van der Waals surface area contributed by atoms with Crippen molar-refractivity contribution in [2.75, 3.05) is 12.3 Å². The van der Waals surface area contributed by atoms with Crippen molar-refractivity contribution >= 4 is 42.4 Å². The van der Waals surface area contributed by atoms with Crippen molar-refractivity contribution in [3.8, 4) is 0 Å². The van der Waals surface area contributed by atoms with Crippen molar-refractivity contribution in [2.24, 2.45) is 0 Å². The molecule has 1 aliphatic rings. The molecule has 1 fully saturated rings. The van der Waals surface area contributed by atoms with Gasteiger partial charge in [0.2, 0.25) is 5.47 Å². The lowest BCUT2D eigenvalue weighted by molar-refractivity contribution is 0.0156. The largest absolute Gasteiger partial charge is 0.382 e. The predicted molar refractivity (Wildman–Crippen MR) is 82.2 cm³/mol. The van der Waals surface area contributed by atoms with Crippen LogP contribution in [0.4, 0.5) is 5.82 Å². The number of ether oxygens (including phenoxy) is 1. The summed E-state index contributed by atoms with van der Waals surface area (Å²) in [6, 6.07) is 0. The summed E-state index contributed by atoms with van der Waals surface area (Å²) in [7, 11) is -4.45. The molecule has 0 aromatic carbocycles. The first kappa shape index (κ1) is 14.9. The quantitative estimate of drug-likeness (QED) is 0.785. The minimum Gasteiger partial charge on any atom is -0.382 e. The van der Waals surface area contributed by atoms with Crippen molar-refractivity contribution in [3.05, 3.63) is 12.7 Å². The number of nitrogens with two attached hydrogens (primary N) is 1. The Morgan fingerprint density at radius 3 is 2.62 bits per heavy atom. The van der Waals surface area contributed by atoms with Gasteiger partial charge in [0.25, 0.3) is 0 Å². The highest BCUT2D eigenvalue weighted by Gasteiger charge is 2.58. The third-order valence-corrected chi connectivity index (χ3v) is 8.84. The van der Waals surface area contributed by atoms with Gasteiger partial charge >= 0.3 is 0 Å². The first-order valence-corrected chi connectivity index (χ1v) is 9.26. The molecule has 0 aliphatic carbocycles. The summed E-state index contributed by atoms with van der Waals surface area (Å²) in [6.45, 7) is 0.236. The Hall–Kier alpha value is -1.00. The monoisotopic (exact) mass is 349 g/mol. The highest BCUT2D eigenvalue weighted by Crippen LogP contribution is 2.60. The summed E-state index contributed by atoms with van der Waals surface area (Å²) in [5.74, 6) is 0.183. The lowest BCUT2D eigenvalue weighted by atomic mass is 10.3. The van der Waals surface area contributed by atoms with Gasteiger partial charge in [0, 0.05) is 0 Å². The van der Waals surface area contributed by atoms with Gasteiger partial charge in [-0.1, -0.05) is 0 Å². The molecule has 0 bridgehead atoms. The SMILES string of the molecule is Nc1ncnc2c1ncn2C1([PH2]=O)OCCC1([PH2]=O)[PH2]=O. The summed E-state index contributed by atoms with van der Waals surface area (Å²) >= 11 is 0. The van der Waals surface area contributed by atoms with Crippen LogP contribution in [0.2, 0.25) is 0 Å². The van der Waals surface area contributed by atoms with E-state index >= 15 is 0 Å². The molecule has 21 heavy (non-hydrogen) atoms. The molecule has 114 valence electrons. The number of aromatic nitrogens is 4. The maximum absolute atomic E-state index is 12.0. The Bertz CT molecular complexity index is 744. The van der Waals surface area contributed by atoms with Gasteiger partial charge < -0.3 is 24.2 Å². The number of imidazole rings is 1. The molecule has 2 N–H and O–H groups in total. The maximum Gasteiger partial charge on any atom is 0.214 e. The van der Waals surface area contributed by atoms with Crippen LogP contribution in [0.25, 0.3) is 11.2 Å². The van der Waals surface area contributed by atoms with E-state index in [0.717, 1.165) is 0 Å². The van der Waals surface area contributed by atoms with Gasteiger partial charge in [-0.2, -0.15) is 0 Å². The van der Waals surface area contributed by atoms with Gasteiger partial charge in [-0.05, 0) is 6.42 Å². The van der Waals surface area contributed by atoms with Crippen LogP contribution in [0.1, 0.15) is 6.42 Å². The Labute approximate surface area is 122 Å². The van der Waals surface area contributed by atoms with E-state index in [2.05, 4.69) is 15.0 Å². The summed E-state index contributed by atoms with van der Waals surface area (Å²) in [4.78, 5) is 10.9. The summed E-state index contributed by atoms with van der Waals surface area (Å²) in [6.07, 6.45) is 2.97. The molecule has 9 nitrogen and oxygen atoms in total. The van der Waals surface area contributed by atoms with E-state index in [9.17, 15) is 13.7 Å². The van der Waals surface area contributed by atoms with Crippen molar-refractivity contribution in [3.63, 3.8) is 0 Å². The van der Waals surface area contributed by atoms with Crippen LogP contribution in [-0.2, 0) is 23.9 Å². The smallest absolute Gasteiger partial charge is 0.214 e. The van der Waals surface area contributed by atoms with Crippen LogP contribution in [0, 0.1) is 0 Å². The van der Waals surface area contributed by atoms with Gasteiger partial charge in [0.15, 0.2) is 11.5 Å². The van der Waals surface area contributed by atoms with E-state index in [1.165, 1.54) is 17.2 Å². The van der Waals surface area contributed by atoms with Crippen molar-refractivity contribution in [1.82, 2.24) is 19.5 Å². The van der Waals surface area contributed by atoms with E-state index < -0.39 is 35.7 Å². The average molecular weight is 349 g/mol. The molecule has 1 saturated heterocycles. The van der Waals surface area contributed by atoms with Crippen LogP contribution in [0.3, 0.4) is 0 Å². The number of hydrogen-bond donors (Lipinski definition) is 1. The van der Waals surface area contributed by atoms with Crippen LogP contribution in [0.5, 0.6) is 0 Å². The fraction of sp³-hybridized carbons (Fsp3) is 0.444. The predicted octanol–water partition coefficient (Wildman–Crippen LogP) is 0.404. The zero-order valence-corrected chi connectivity index (χ0v) is 14.3. The zero-order valence-electron chi connectivity index (χ0n) is 10.8. The summed E-state index contributed by atoms with van der Waals surface area (Å²) in [5.41, 5.74) is 4.99. The highest BCUT2D eigenvalue weighted by atomic mass is 31.1. The van der Waals surface area contributed by atoms with Gasteiger partial charge in [0.05, 0.1) is 29.9 Å². The molecule has 2 aromatic heterocycles. The highest BCUT2D eigenvalue weighted by molar-refractivity contribution is 7.48. The molecule has 1 aliphatic heterocycles. The Kier molecular flexibility index (Phi) is 3.78. The minimum atomic E-state index is -1.56. The van der Waals surface area contributed by atoms with Gasteiger partial charge in [-0.15, -0.1) is 0 Å². The molecule has 4 atom stereocenters. The molecule has 0 amide bonds. The lowest BCUT2D eigenvalue weighted by Crippen LogP contribution is -2.40. The van der Waals surface area contributed by atoms with Crippen molar-refractivity contribution in [2.45, 2.75) is 16.8 Å². The first-order valence-electron chi connectivity index (χ1n) is 6.11. The van der Waals surface area contributed by atoms with Gasteiger partial charge in [-0.25, -0.2) is 15.0 Å². The Morgan fingerprint density at radius 2 is 1.95 bits per heavy atom. The van der Waals surface area contributed by atoms with E-state index in [1.54, 1.807) is 0 Å². The maximum atomic E-state index is 12.0. The fourth-order valence-electron chi connectivity index (χ4n) is 2.59. The molecule has 0 spiro atoms. The minimum absolute atomic E-state index is 0.183. The van der Waals surface area contributed by atoms with Crippen LogP contribution in [-0.4, -0.2) is 31.0 Å². The van der Waals surface area contributed by atoms with E-state index in [-0.39, 0.29) is 12.4 Å². The molecule has 12 heteroatoms. The molecule has 2 aromatic rings. The second-order valence-corrected chi connectivity index (χ2v) is 8.95. The van der Waals surface area contributed by atoms with Crippen LogP contribution >= 0.6 is 25.4 Å². The lowest BCUT2D eigenvalue weighted by Gasteiger charge is -2.34. The molecular weight excluding hydrogens is 335 g/mol. The van der Waals surface area contributed by atoms with E-state index in [0.29, 0.717) is 17.6 Å². The van der Waals surface area contributed by atoms with E-state index in [4.69, 9.17) is 10.5 Å². The molecular formula is C9H14N5O4P3. The molecule has 4 unspecified atom stereocenters. The van der Waals surface area contributed by atoms with Crippen molar-refractivity contribution < 1.29 is 18.4 Å². The number of rotatable bonds is 4. The topological polar surface area (TPSA) is 130 Å². The average Bonchev–Trinajstić information content (AvgIpc) is 3.09. The van der Waals surface area contributed by atoms with Crippen LogP contribution < -0.4 is 5.73 Å². The zero-order chi connectivity index (χ0) is 15.1. The van der Waals surface area contributed by atoms with E-state index in [1.807, 2.05) is 0 Å². The third-order valence-electron chi connectivity index (χ3n) is 3.80. The second kappa shape index (κ2) is 5.33. The van der Waals surface area contributed by atoms with Gasteiger partial charge in [0.1, 0.15) is 25.2 Å². The first-order chi connectivity index (χ1) is 10.1. The molecule has 3 rings (SSSR count). The number of fused-ring (bicyclic) bond motifs is 1.